The van der Waals surface area contributed by atoms with Gasteiger partial charge in [-0.25, -0.2) is 13.2 Å². The number of aromatic nitrogens is 1. The largest absolute Gasteiger partial charge is 0.465 e. The Morgan fingerprint density at radius 2 is 1.71 bits per heavy atom. The van der Waals surface area contributed by atoms with Gasteiger partial charge in [0.15, 0.2) is 5.76 Å². The van der Waals surface area contributed by atoms with Gasteiger partial charge in [0.2, 0.25) is 0 Å². The van der Waals surface area contributed by atoms with Crippen LogP contribution in [0.25, 0.3) is 22.6 Å². The number of hydrogen-bond acceptors (Lipinski definition) is 6. The van der Waals surface area contributed by atoms with Gasteiger partial charge < -0.3 is 9.15 Å². The minimum absolute atomic E-state index is 0.0764. The summed E-state index contributed by atoms with van der Waals surface area (Å²) in [6.07, 6.45) is 0. The van der Waals surface area contributed by atoms with E-state index in [0.29, 0.717) is 16.8 Å². The predicted octanol–water partition coefficient (Wildman–Crippen LogP) is 3.27. The van der Waals surface area contributed by atoms with E-state index in [9.17, 15) is 18.0 Å². The van der Waals surface area contributed by atoms with Gasteiger partial charge in [0.25, 0.3) is 9.05 Å². The first-order chi connectivity index (χ1) is 13.3. The number of carbonyl (C=O) groups is 1. The van der Waals surface area contributed by atoms with Crippen molar-refractivity contribution in [1.82, 2.24) is 4.57 Å². The lowest BCUT2D eigenvalue weighted by atomic mass is 10.1. The second kappa shape index (κ2) is 8.04. The van der Waals surface area contributed by atoms with Crippen LogP contribution in [0.15, 0.2) is 68.7 Å². The van der Waals surface area contributed by atoms with Gasteiger partial charge in [-0.3, -0.25) is 9.36 Å². The van der Waals surface area contributed by atoms with Crippen LogP contribution in [0.4, 0.5) is 0 Å². The maximum Gasteiger partial charge on any atom is 0.420 e. The summed E-state index contributed by atoms with van der Waals surface area (Å²) in [5.74, 6) is -1.09. The molecule has 146 valence electrons. The summed E-state index contributed by atoms with van der Waals surface area (Å²) >= 11 is 0. The van der Waals surface area contributed by atoms with Gasteiger partial charge in [-0.2, -0.15) is 0 Å². The third-order valence-corrected chi connectivity index (χ3v) is 5.30. The molecule has 0 aliphatic carbocycles. The number of halogens is 1. The van der Waals surface area contributed by atoms with Crippen molar-refractivity contribution in [3.8, 4) is 22.6 Å². The molecule has 7 nitrogen and oxygen atoms in total. The maximum absolute atomic E-state index is 12.4. The lowest BCUT2D eigenvalue weighted by Crippen LogP contribution is -2.22. The van der Waals surface area contributed by atoms with Gasteiger partial charge in [-0.1, -0.05) is 30.3 Å². The molecular formula is C19H16ClNO6S. The van der Waals surface area contributed by atoms with E-state index in [1.54, 1.807) is 31.2 Å². The third-order valence-electron chi connectivity index (χ3n) is 3.93. The van der Waals surface area contributed by atoms with Crippen molar-refractivity contribution in [3.63, 3.8) is 0 Å². The van der Waals surface area contributed by atoms with E-state index in [0.717, 1.165) is 0 Å². The van der Waals surface area contributed by atoms with E-state index in [-0.39, 0.29) is 23.8 Å². The lowest BCUT2D eigenvalue weighted by molar-refractivity contribution is -0.143. The van der Waals surface area contributed by atoms with Crippen molar-refractivity contribution in [2.24, 2.45) is 0 Å². The van der Waals surface area contributed by atoms with Gasteiger partial charge in [0.05, 0.1) is 17.2 Å². The van der Waals surface area contributed by atoms with Gasteiger partial charge in [0, 0.05) is 21.8 Å². The fraction of sp³-hybridized carbons (Fsp3) is 0.158. The van der Waals surface area contributed by atoms with Crippen molar-refractivity contribution in [3.05, 3.63) is 65.1 Å². The zero-order chi connectivity index (χ0) is 20.3. The molecule has 0 aliphatic heterocycles. The van der Waals surface area contributed by atoms with Gasteiger partial charge in [-0.15, -0.1) is 0 Å². The van der Waals surface area contributed by atoms with E-state index >= 15 is 0 Å². The molecule has 1 heterocycles. The average molecular weight is 422 g/mol. The quantitative estimate of drug-likeness (QED) is 0.447. The molecule has 0 bridgehead atoms. The van der Waals surface area contributed by atoms with Gasteiger partial charge in [0.1, 0.15) is 6.54 Å². The number of esters is 1. The first-order valence-corrected chi connectivity index (χ1v) is 10.6. The molecule has 0 saturated heterocycles. The minimum atomic E-state index is -3.88. The highest BCUT2D eigenvalue weighted by Crippen LogP contribution is 2.32. The monoisotopic (exact) mass is 421 g/mol. The lowest BCUT2D eigenvalue weighted by Gasteiger charge is -2.08. The zero-order valence-corrected chi connectivity index (χ0v) is 16.4. The van der Waals surface area contributed by atoms with E-state index in [4.69, 9.17) is 19.8 Å². The molecule has 0 atom stereocenters. The molecule has 1 aromatic heterocycles. The van der Waals surface area contributed by atoms with Crippen LogP contribution >= 0.6 is 10.7 Å². The van der Waals surface area contributed by atoms with E-state index in [1.807, 2.05) is 6.07 Å². The smallest absolute Gasteiger partial charge is 0.420 e. The molecule has 3 rings (SSSR count). The molecule has 9 heteroatoms. The van der Waals surface area contributed by atoms with E-state index in [1.165, 1.54) is 28.8 Å². The highest BCUT2D eigenvalue weighted by atomic mass is 35.7. The first-order valence-electron chi connectivity index (χ1n) is 8.31. The first kappa shape index (κ1) is 19.9. The Hall–Kier alpha value is -2.84. The van der Waals surface area contributed by atoms with Crippen molar-refractivity contribution in [1.29, 1.82) is 0 Å². The fourth-order valence-corrected chi connectivity index (χ4v) is 3.50. The molecule has 0 fully saturated rings. The Morgan fingerprint density at radius 1 is 1.07 bits per heavy atom. The Morgan fingerprint density at radius 3 is 2.29 bits per heavy atom. The van der Waals surface area contributed by atoms with Crippen molar-refractivity contribution in [2.45, 2.75) is 18.4 Å². The van der Waals surface area contributed by atoms with Crippen LogP contribution in [-0.4, -0.2) is 25.6 Å². The summed E-state index contributed by atoms with van der Waals surface area (Å²) in [5.41, 5.74) is 1.50. The van der Waals surface area contributed by atoms with Crippen LogP contribution in [0.1, 0.15) is 6.92 Å². The van der Waals surface area contributed by atoms with Crippen molar-refractivity contribution < 1.29 is 22.4 Å². The van der Waals surface area contributed by atoms with Crippen LogP contribution in [0.5, 0.6) is 0 Å². The summed E-state index contributed by atoms with van der Waals surface area (Å²) in [5, 5.41) is 0. The molecule has 0 saturated carbocycles. The second-order valence-electron chi connectivity index (χ2n) is 5.77. The molecular weight excluding hydrogens is 406 g/mol. The summed E-state index contributed by atoms with van der Waals surface area (Å²) < 4.78 is 34.4. The van der Waals surface area contributed by atoms with Gasteiger partial charge >= 0.3 is 11.7 Å². The summed E-state index contributed by atoms with van der Waals surface area (Å²) in [4.78, 5) is 24.3. The molecule has 0 aliphatic rings. The SMILES string of the molecule is CCOC(=O)Cn1c(-c2ccccc2)c(-c2ccc(S(=O)(=O)Cl)cc2)oc1=O. The molecule has 0 radical (unpaired) electrons. The number of oxazole rings is 1. The molecule has 28 heavy (non-hydrogen) atoms. The summed E-state index contributed by atoms with van der Waals surface area (Å²) in [6, 6.07) is 14.5. The molecule has 2 aromatic carbocycles. The molecule has 0 amide bonds. The number of hydrogen-bond donors (Lipinski definition) is 0. The molecule has 0 unspecified atom stereocenters. The Balaban J connectivity index is 2.16. The highest BCUT2D eigenvalue weighted by Gasteiger charge is 2.22. The second-order valence-corrected chi connectivity index (χ2v) is 8.33. The van der Waals surface area contributed by atoms with Crippen LogP contribution in [-0.2, 0) is 25.1 Å². The molecule has 0 spiro atoms. The highest BCUT2D eigenvalue weighted by molar-refractivity contribution is 8.13. The molecule has 3 aromatic rings. The van der Waals surface area contributed by atoms with Crippen molar-refractivity contribution in [2.75, 3.05) is 6.61 Å². The van der Waals surface area contributed by atoms with E-state index in [2.05, 4.69) is 0 Å². The third kappa shape index (κ3) is 4.18. The van der Waals surface area contributed by atoms with Crippen LogP contribution < -0.4 is 5.76 Å². The topological polar surface area (TPSA) is 95.6 Å². The summed E-state index contributed by atoms with van der Waals surface area (Å²) in [6.45, 7) is 1.55. The van der Waals surface area contributed by atoms with Crippen LogP contribution in [0.2, 0.25) is 0 Å². The minimum Gasteiger partial charge on any atom is -0.465 e. The normalized spacial score (nSPS) is 11.4. The average Bonchev–Trinajstić information content (AvgIpc) is 2.98. The Labute approximate surface area is 165 Å². The maximum atomic E-state index is 12.4. The number of rotatable bonds is 6. The van der Waals surface area contributed by atoms with E-state index < -0.39 is 20.8 Å². The number of carbonyl (C=O) groups excluding carboxylic acids is 1. The van der Waals surface area contributed by atoms with Crippen LogP contribution in [0.3, 0.4) is 0 Å². The predicted molar refractivity (Wildman–Crippen MR) is 104 cm³/mol. The Bertz CT molecular complexity index is 1150. The number of benzene rings is 2. The Kier molecular flexibility index (Phi) is 5.71. The van der Waals surface area contributed by atoms with Crippen LogP contribution in [0, 0.1) is 0 Å². The van der Waals surface area contributed by atoms with Gasteiger partial charge in [-0.05, 0) is 31.2 Å². The van der Waals surface area contributed by atoms with Crippen molar-refractivity contribution >= 4 is 25.7 Å². The zero-order valence-electron chi connectivity index (χ0n) is 14.8. The fourth-order valence-electron chi connectivity index (χ4n) is 2.73. The summed E-state index contributed by atoms with van der Waals surface area (Å²) in [7, 11) is 1.47. The molecule has 0 N–H and O–H groups in total. The standard InChI is InChI=1S/C19H16ClNO6S/c1-2-26-16(22)12-21-17(13-6-4-3-5-7-13)18(27-19(21)23)14-8-10-15(11-9-14)28(20,24)25/h3-11H,2,12H2,1H3. The number of nitrogens with zero attached hydrogens (tertiary/aromatic N) is 1. The number of ether oxygens (including phenoxy) is 1.